The van der Waals surface area contributed by atoms with Gasteiger partial charge in [-0.15, -0.1) is 12.4 Å². The molecule has 2 N–H and O–H groups in total. The molecule has 0 spiro atoms. The summed E-state index contributed by atoms with van der Waals surface area (Å²) in [6.07, 6.45) is 0.0898. The number of esters is 1. The van der Waals surface area contributed by atoms with Crippen LogP contribution in [0.5, 0.6) is 0 Å². The lowest BCUT2D eigenvalue weighted by molar-refractivity contribution is -0.143. The van der Waals surface area contributed by atoms with E-state index in [1.807, 2.05) is 6.07 Å². The molecule has 1 rings (SSSR count). The summed E-state index contributed by atoms with van der Waals surface area (Å²) >= 11 is 0. The van der Waals surface area contributed by atoms with Crippen molar-refractivity contribution in [3.8, 4) is 6.07 Å². The number of ether oxygens (including phenoxy) is 1. The Morgan fingerprint density at radius 3 is 2.76 bits per heavy atom. The van der Waals surface area contributed by atoms with Gasteiger partial charge in [0.05, 0.1) is 24.7 Å². The maximum Gasteiger partial charge on any atom is 0.307 e. The molecule has 0 saturated heterocycles. The molecule has 0 aliphatic rings. The maximum atomic E-state index is 11.2. The second kappa shape index (κ2) is 7.66. The fourth-order valence-corrected chi connectivity index (χ4v) is 1.43. The summed E-state index contributed by atoms with van der Waals surface area (Å²) in [5.41, 5.74) is 7.03. The van der Waals surface area contributed by atoms with Crippen LogP contribution in [-0.2, 0) is 9.53 Å². The van der Waals surface area contributed by atoms with Gasteiger partial charge in [-0.05, 0) is 18.6 Å². The summed E-state index contributed by atoms with van der Waals surface area (Å²) in [6.45, 7) is 2.08. The van der Waals surface area contributed by atoms with Crippen molar-refractivity contribution < 1.29 is 9.53 Å². The molecule has 0 radical (unpaired) electrons. The number of carbonyl (C=O) groups excluding carboxylic acids is 1. The molecule has 0 fully saturated rings. The van der Waals surface area contributed by atoms with E-state index in [1.54, 1.807) is 31.2 Å². The van der Waals surface area contributed by atoms with Crippen molar-refractivity contribution in [2.24, 2.45) is 5.73 Å². The molecule has 0 aliphatic carbocycles. The monoisotopic (exact) mass is 254 g/mol. The van der Waals surface area contributed by atoms with E-state index in [4.69, 9.17) is 15.7 Å². The van der Waals surface area contributed by atoms with E-state index in [0.29, 0.717) is 17.7 Å². The lowest BCUT2D eigenvalue weighted by atomic mass is 9.99. The average Bonchev–Trinajstić information content (AvgIpc) is 2.29. The first-order valence-corrected chi connectivity index (χ1v) is 5.09. The first-order valence-electron chi connectivity index (χ1n) is 5.09. The van der Waals surface area contributed by atoms with Crippen LogP contribution in [0, 0.1) is 11.3 Å². The van der Waals surface area contributed by atoms with E-state index in [2.05, 4.69) is 0 Å². The lowest BCUT2D eigenvalue weighted by Gasteiger charge is -2.12. The van der Waals surface area contributed by atoms with Crippen LogP contribution in [0.25, 0.3) is 0 Å². The topological polar surface area (TPSA) is 76.1 Å². The minimum atomic E-state index is -0.491. The molecule has 1 atom stereocenters. The zero-order valence-corrected chi connectivity index (χ0v) is 10.4. The number of halogens is 1. The Kier molecular flexibility index (Phi) is 6.95. The van der Waals surface area contributed by atoms with Crippen molar-refractivity contribution in [3.63, 3.8) is 0 Å². The molecule has 0 aliphatic heterocycles. The van der Waals surface area contributed by atoms with E-state index in [0.717, 1.165) is 0 Å². The van der Waals surface area contributed by atoms with Gasteiger partial charge in [-0.3, -0.25) is 4.79 Å². The van der Waals surface area contributed by atoms with E-state index in [-0.39, 0.29) is 24.8 Å². The summed E-state index contributed by atoms with van der Waals surface area (Å²) in [5.74, 6) is -0.345. The Morgan fingerprint density at radius 2 is 2.18 bits per heavy atom. The van der Waals surface area contributed by atoms with Gasteiger partial charge in [-0.1, -0.05) is 18.2 Å². The SMILES string of the molecule is CCOC(=O)C[C@@H](N)c1ccccc1C#N.Cl. The molecule has 1 aromatic rings. The fourth-order valence-electron chi connectivity index (χ4n) is 1.43. The quantitative estimate of drug-likeness (QED) is 0.833. The molecule has 5 heteroatoms. The van der Waals surface area contributed by atoms with Crippen LogP contribution in [0.4, 0.5) is 0 Å². The fraction of sp³-hybridized carbons (Fsp3) is 0.333. The number of hydrogen-bond donors (Lipinski definition) is 1. The first-order chi connectivity index (χ1) is 7.69. The standard InChI is InChI=1S/C12H14N2O2.ClH/c1-2-16-12(15)7-11(14)10-6-4-3-5-9(10)8-13;/h3-6,11H,2,7,14H2,1H3;1H/t11-;/m1./s1. The van der Waals surface area contributed by atoms with Gasteiger partial charge in [0.1, 0.15) is 0 Å². The third kappa shape index (κ3) is 4.43. The second-order valence-corrected chi connectivity index (χ2v) is 3.31. The van der Waals surface area contributed by atoms with Gasteiger partial charge in [0.25, 0.3) is 0 Å². The summed E-state index contributed by atoms with van der Waals surface area (Å²) in [7, 11) is 0. The number of hydrogen-bond acceptors (Lipinski definition) is 4. The zero-order valence-electron chi connectivity index (χ0n) is 9.55. The van der Waals surface area contributed by atoms with Crippen molar-refractivity contribution in [2.75, 3.05) is 6.61 Å². The van der Waals surface area contributed by atoms with E-state index >= 15 is 0 Å². The minimum Gasteiger partial charge on any atom is -0.466 e. The third-order valence-corrected chi connectivity index (χ3v) is 2.17. The van der Waals surface area contributed by atoms with Gasteiger partial charge >= 0.3 is 5.97 Å². The number of nitrogens with zero attached hydrogens (tertiary/aromatic N) is 1. The van der Waals surface area contributed by atoms with Gasteiger partial charge in [0.15, 0.2) is 0 Å². The van der Waals surface area contributed by atoms with Crippen LogP contribution in [-0.4, -0.2) is 12.6 Å². The molecule has 17 heavy (non-hydrogen) atoms. The summed E-state index contributed by atoms with van der Waals surface area (Å²) < 4.78 is 4.81. The van der Waals surface area contributed by atoms with E-state index < -0.39 is 6.04 Å². The highest BCUT2D eigenvalue weighted by atomic mass is 35.5. The third-order valence-electron chi connectivity index (χ3n) is 2.17. The Labute approximate surface area is 107 Å². The highest BCUT2D eigenvalue weighted by Crippen LogP contribution is 2.18. The Hall–Kier alpha value is -1.57. The van der Waals surface area contributed by atoms with Gasteiger partial charge in [-0.25, -0.2) is 0 Å². The largest absolute Gasteiger partial charge is 0.466 e. The zero-order chi connectivity index (χ0) is 12.0. The van der Waals surface area contributed by atoms with E-state index in [1.165, 1.54) is 0 Å². The minimum absolute atomic E-state index is 0. The van der Waals surface area contributed by atoms with Gasteiger partial charge in [0.2, 0.25) is 0 Å². The summed E-state index contributed by atoms with van der Waals surface area (Å²) in [5, 5.41) is 8.88. The molecule has 1 aromatic carbocycles. The number of nitriles is 1. The van der Waals surface area contributed by atoms with Gasteiger partial charge < -0.3 is 10.5 Å². The number of benzene rings is 1. The van der Waals surface area contributed by atoms with Crippen molar-refractivity contribution >= 4 is 18.4 Å². The normalized spacial score (nSPS) is 10.9. The van der Waals surface area contributed by atoms with Gasteiger partial charge in [0, 0.05) is 6.04 Å². The Balaban J connectivity index is 0.00000256. The molecule has 0 aromatic heterocycles. The Morgan fingerprint density at radius 1 is 1.53 bits per heavy atom. The van der Waals surface area contributed by atoms with Crippen LogP contribution in [0.1, 0.15) is 30.5 Å². The van der Waals surface area contributed by atoms with E-state index in [9.17, 15) is 4.79 Å². The van der Waals surface area contributed by atoms with Crippen molar-refractivity contribution in [2.45, 2.75) is 19.4 Å². The van der Waals surface area contributed by atoms with Crippen LogP contribution >= 0.6 is 12.4 Å². The smallest absolute Gasteiger partial charge is 0.307 e. The number of rotatable bonds is 4. The van der Waals surface area contributed by atoms with Crippen molar-refractivity contribution in [1.29, 1.82) is 5.26 Å². The molecule has 0 heterocycles. The molecule has 92 valence electrons. The second-order valence-electron chi connectivity index (χ2n) is 3.31. The maximum absolute atomic E-state index is 11.2. The predicted molar refractivity (Wildman–Crippen MR) is 66.6 cm³/mol. The predicted octanol–water partition coefficient (Wildman–Crippen LogP) is 1.93. The molecule has 0 bridgehead atoms. The first kappa shape index (κ1) is 15.4. The molecule has 0 saturated carbocycles. The van der Waals surface area contributed by atoms with Crippen molar-refractivity contribution in [1.82, 2.24) is 0 Å². The van der Waals surface area contributed by atoms with Crippen LogP contribution in [0.2, 0.25) is 0 Å². The lowest BCUT2D eigenvalue weighted by Crippen LogP contribution is -2.18. The van der Waals surface area contributed by atoms with Crippen molar-refractivity contribution in [3.05, 3.63) is 35.4 Å². The number of nitrogens with two attached hydrogens (primary N) is 1. The molecule has 0 unspecified atom stereocenters. The Bertz CT molecular complexity index is 415. The summed E-state index contributed by atoms with van der Waals surface area (Å²) in [4.78, 5) is 11.2. The van der Waals surface area contributed by atoms with Crippen LogP contribution in [0.15, 0.2) is 24.3 Å². The molecule has 0 amide bonds. The van der Waals surface area contributed by atoms with Gasteiger partial charge in [-0.2, -0.15) is 5.26 Å². The molecule has 4 nitrogen and oxygen atoms in total. The molecular formula is C12H15ClN2O2. The highest BCUT2D eigenvalue weighted by molar-refractivity contribution is 5.85. The van der Waals surface area contributed by atoms with Crippen LogP contribution in [0.3, 0.4) is 0 Å². The van der Waals surface area contributed by atoms with Crippen LogP contribution < -0.4 is 5.73 Å². The average molecular weight is 255 g/mol. The number of carbonyl (C=O) groups is 1. The highest BCUT2D eigenvalue weighted by Gasteiger charge is 2.15. The molecular weight excluding hydrogens is 240 g/mol. The summed E-state index contributed by atoms with van der Waals surface area (Å²) in [6, 6.07) is 8.55.